The van der Waals surface area contributed by atoms with Crippen LogP contribution in [0.2, 0.25) is 0 Å². The Morgan fingerprint density at radius 2 is 2.05 bits per heavy atom. The number of sulfone groups is 1. The lowest BCUT2D eigenvalue weighted by molar-refractivity contribution is 0.178. The third-order valence-corrected chi connectivity index (χ3v) is 4.87. The molecule has 0 atom stereocenters. The van der Waals surface area contributed by atoms with E-state index in [1.165, 1.54) is 0 Å². The lowest BCUT2D eigenvalue weighted by atomic mass is 10.4. The lowest BCUT2D eigenvalue weighted by Gasteiger charge is -2.28. The van der Waals surface area contributed by atoms with E-state index in [-0.39, 0.29) is 11.5 Å². The third-order valence-electron chi connectivity index (χ3n) is 3.26. The molecule has 1 aliphatic heterocycles. The second kappa shape index (κ2) is 7.04. The molecular formula is C13H22N4O3S. The summed E-state index contributed by atoms with van der Waals surface area (Å²) in [6.07, 6.45) is 1.00. The van der Waals surface area contributed by atoms with Crippen LogP contribution in [-0.4, -0.2) is 56.6 Å². The topological polar surface area (TPSA) is 84.4 Å². The summed E-state index contributed by atoms with van der Waals surface area (Å²) >= 11 is 0. The molecule has 0 aromatic carbocycles. The highest BCUT2D eigenvalue weighted by atomic mass is 32.2. The van der Waals surface area contributed by atoms with Crippen LogP contribution in [0.3, 0.4) is 0 Å². The number of aromatic nitrogens is 2. The smallest absolute Gasteiger partial charge is 0.158 e. The van der Waals surface area contributed by atoms with Crippen molar-refractivity contribution in [3.05, 3.63) is 11.9 Å². The lowest BCUT2D eigenvalue weighted by Crippen LogP contribution is -2.40. The van der Waals surface area contributed by atoms with Crippen LogP contribution in [-0.2, 0) is 21.2 Å². The van der Waals surface area contributed by atoms with Crippen molar-refractivity contribution < 1.29 is 13.2 Å². The van der Waals surface area contributed by atoms with Gasteiger partial charge in [-0.2, -0.15) is 0 Å². The van der Waals surface area contributed by atoms with Crippen molar-refractivity contribution in [3.8, 4) is 0 Å². The molecule has 0 aliphatic carbocycles. The predicted octanol–water partition coefficient (Wildman–Crippen LogP) is 0.680. The van der Waals surface area contributed by atoms with Crippen LogP contribution >= 0.6 is 0 Å². The molecule has 1 N–H and O–H groups in total. The van der Waals surface area contributed by atoms with Crippen molar-refractivity contribution in [2.24, 2.45) is 0 Å². The van der Waals surface area contributed by atoms with E-state index in [9.17, 15) is 8.42 Å². The standard InChI is InChI=1S/C13H22N4O3S/c1-3-4-14-11-9-13(16-12(15-11)10-20-2)17-5-7-21(18,19)8-6-17/h9H,3-8,10H2,1-2H3,(H,14,15,16). The van der Waals surface area contributed by atoms with Gasteiger partial charge in [-0.25, -0.2) is 18.4 Å². The van der Waals surface area contributed by atoms with Crippen LogP contribution in [0.5, 0.6) is 0 Å². The van der Waals surface area contributed by atoms with E-state index in [1.807, 2.05) is 11.0 Å². The summed E-state index contributed by atoms with van der Waals surface area (Å²) in [6, 6.07) is 1.87. The number of rotatable bonds is 6. The van der Waals surface area contributed by atoms with Gasteiger partial charge in [0.1, 0.15) is 18.2 Å². The molecule has 0 saturated carbocycles. The van der Waals surface area contributed by atoms with E-state index in [1.54, 1.807) is 7.11 Å². The van der Waals surface area contributed by atoms with Gasteiger partial charge in [0.2, 0.25) is 0 Å². The second-order valence-corrected chi connectivity index (χ2v) is 7.33. The van der Waals surface area contributed by atoms with Gasteiger partial charge in [0.05, 0.1) is 11.5 Å². The quantitative estimate of drug-likeness (QED) is 0.826. The summed E-state index contributed by atoms with van der Waals surface area (Å²) < 4.78 is 28.1. The van der Waals surface area contributed by atoms with Gasteiger partial charge in [0.25, 0.3) is 0 Å². The Morgan fingerprint density at radius 1 is 1.33 bits per heavy atom. The molecule has 118 valence electrons. The molecule has 0 radical (unpaired) electrons. The first-order valence-electron chi connectivity index (χ1n) is 7.10. The number of hydrogen-bond donors (Lipinski definition) is 1. The fraction of sp³-hybridized carbons (Fsp3) is 0.692. The van der Waals surface area contributed by atoms with Gasteiger partial charge in [0, 0.05) is 32.8 Å². The number of methoxy groups -OCH3 is 1. The average Bonchev–Trinajstić information content (AvgIpc) is 2.45. The first-order chi connectivity index (χ1) is 10.0. The molecule has 7 nitrogen and oxygen atoms in total. The van der Waals surface area contributed by atoms with Gasteiger partial charge in [-0.15, -0.1) is 0 Å². The minimum absolute atomic E-state index is 0.175. The van der Waals surface area contributed by atoms with Crippen LogP contribution < -0.4 is 10.2 Å². The summed E-state index contributed by atoms with van der Waals surface area (Å²) in [5.41, 5.74) is 0. The van der Waals surface area contributed by atoms with Gasteiger partial charge in [-0.1, -0.05) is 6.92 Å². The molecule has 0 amide bonds. The van der Waals surface area contributed by atoms with Crippen molar-refractivity contribution in [3.63, 3.8) is 0 Å². The van der Waals surface area contributed by atoms with Gasteiger partial charge >= 0.3 is 0 Å². The molecule has 1 aromatic rings. The van der Waals surface area contributed by atoms with E-state index >= 15 is 0 Å². The minimum atomic E-state index is -2.89. The fourth-order valence-electron chi connectivity index (χ4n) is 2.12. The van der Waals surface area contributed by atoms with E-state index in [4.69, 9.17) is 4.74 Å². The van der Waals surface area contributed by atoms with Crippen molar-refractivity contribution in [2.75, 3.05) is 48.5 Å². The Morgan fingerprint density at radius 3 is 2.67 bits per heavy atom. The summed E-state index contributed by atoms with van der Waals surface area (Å²) in [4.78, 5) is 10.8. The molecule has 1 aliphatic rings. The normalized spacial score (nSPS) is 17.7. The molecule has 1 saturated heterocycles. The Bertz CT molecular complexity index is 563. The molecule has 21 heavy (non-hydrogen) atoms. The van der Waals surface area contributed by atoms with Gasteiger partial charge in [-0.3, -0.25) is 0 Å². The number of nitrogens with zero attached hydrogens (tertiary/aromatic N) is 3. The molecule has 1 fully saturated rings. The monoisotopic (exact) mass is 314 g/mol. The van der Waals surface area contributed by atoms with Crippen LogP contribution in [0.4, 0.5) is 11.6 Å². The van der Waals surface area contributed by atoms with E-state index in [2.05, 4.69) is 22.2 Å². The maximum atomic E-state index is 11.5. The molecular weight excluding hydrogens is 292 g/mol. The summed E-state index contributed by atoms with van der Waals surface area (Å²) in [5.74, 6) is 2.46. The largest absolute Gasteiger partial charge is 0.377 e. The molecule has 8 heteroatoms. The first-order valence-corrected chi connectivity index (χ1v) is 8.92. The Labute approximate surface area is 125 Å². The summed E-state index contributed by atoms with van der Waals surface area (Å²) in [7, 11) is -1.29. The number of nitrogens with one attached hydrogen (secondary N) is 1. The van der Waals surface area contributed by atoms with Crippen molar-refractivity contribution in [1.82, 2.24) is 9.97 Å². The molecule has 0 spiro atoms. The second-order valence-electron chi connectivity index (χ2n) is 5.03. The van der Waals surface area contributed by atoms with Crippen molar-refractivity contribution in [2.45, 2.75) is 20.0 Å². The summed E-state index contributed by atoms with van der Waals surface area (Å²) in [5, 5.41) is 3.24. The molecule has 1 aromatic heterocycles. The van der Waals surface area contributed by atoms with Crippen LogP contribution in [0, 0.1) is 0 Å². The zero-order valence-corrected chi connectivity index (χ0v) is 13.3. The number of ether oxygens (including phenoxy) is 1. The first kappa shape index (κ1) is 16.0. The fourth-order valence-corrected chi connectivity index (χ4v) is 3.33. The SMILES string of the molecule is CCCNc1cc(N2CCS(=O)(=O)CC2)nc(COC)n1. The zero-order chi connectivity index (χ0) is 15.3. The maximum absolute atomic E-state index is 11.5. The third kappa shape index (κ3) is 4.53. The maximum Gasteiger partial charge on any atom is 0.158 e. The Hall–Kier alpha value is -1.41. The predicted molar refractivity (Wildman–Crippen MR) is 82.4 cm³/mol. The summed E-state index contributed by atoms with van der Waals surface area (Å²) in [6.45, 7) is 4.19. The van der Waals surface area contributed by atoms with Gasteiger partial charge in [-0.05, 0) is 6.42 Å². The van der Waals surface area contributed by atoms with Crippen molar-refractivity contribution in [1.29, 1.82) is 0 Å². The molecule has 0 unspecified atom stereocenters. The van der Waals surface area contributed by atoms with Gasteiger partial charge in [0.15, 0.2) is 15.7 Å². The van der Waals surface area contributed by atoms with Crippen LogP contribution in [0.25, 0.3) is 0 Å². The Kier molecular flexibility index (Phi) is 5.35. The Balaban J connectivity index is 2.19. The highest BCUT2D eigenvalue weighted by Crippen LogP contribution is 2.19. The molecule has 0 bridgehead atoms. The van der Waals surface area contributed by atoms with Crippen LogP contribution in [0.1, 0.15) is 19.2 Å². The zero-order valence-electron chi connectivity index (χ0n) is 12.5. The van der Waals surface area contributed by atoms with Gasteiger partial charge < -0.3 is 15.0 Å². The number of hydrogen-bond acceptors (Lipinski definition) is 7. The van der Waals surface area contributed by atoms with Crippen molar-refractivity contribution >= 4 is 21.5 Å². The number of anilines is 2. The highest BCUT2D eigenvalue weighted by molar-refractivity contribution is 7.91. The average molecular weight is 314 g/mol. The highest BCUT2D eigenvalue weighted by Gasteiger charge is 2.23. The van der Waals surface area contributed by atoms with E-state index in [0.717, 1.165) is 24.6 Å². The molecule has 2 rings (SSSR count). The van der Waals surface area contributed by atoms with E-state index < -0.39 is 9.84 Å². The van der Waals surface area contributed by atoms with Crippen LogP contribution in [0.15, 0.2) is 6.07 Å². The minimum Gasteiger partial charge on any atom is -0.377 e. The van der Waals surface area contributed by atoms with E-state index in [0.29, 0.717) is 25.5 Å². The molecule has 2 heterocycles.